The molecule has 0 unspecified atom stereocenters. The number of hydrogen-bond acceptors (Lipinski definition) is 5. The van der Waals surface area contributed by atoms with E-state index in [2.05, 4.69) is 27.3 Å². The summed E-state index contributed by atoms with van der Waals surface area (Å²) in [6.45, 7) is 4.23. The van der Waals surface area contributed by atoms with E-state index in [1.165, 1.54) is 21.9 Å². The van der Waals surface area contributed by atoms with E-state index in [0.29, 0.717) is 18.1 Å². The lowest BCUT2D eigenvalue weighted by Gasteiger charge is -2.32. The molecule has 1 fully saturated rings. The van der Waals surface area contributed by atoms with Crippen molar-refractivity contribution in [1.29, 1.82) is 0 Å². The first-order valence-corrected chi connectivity index (χ1v) is 12.2. The van der Waals surface area contributed by atoms with Crippen LogP contribution in [-0.4, -0.2) is 40.1 Å². The summed E-state index contributed by atoms with van der Waals surface area (Å²) in [5.74, 6) is -0.313. The molecule has 0 atom stereocenters. The molecule has 0 spiro atoms. The molecule has 3 aromatic heterocycles. The van der Waals surface area contributed by atoms with Crippen molar-refractivity contribution in [3.05, 3.63) is 87.9 Å². The summed E-state index contributed by atoms with van der Waals surface area (Å²) in [5, 5.41) is 4.59. The van der Waals surface area contributed by atoms with Crippen molar-refractivity contribution >= 4 is 22.2 Å². The van der Waals surface area contributed by atoms with E-state index in [1.54, 1.807) is 34.1 Å². The Morgan fingerprint density at radius 1 is 1.03 bits per heavy atom. The van der Waals surface area contributed by atoms with Crippen LogP contribution in [0.1, 0.15) is 17.7 Å². The number of rotatable bonds is 7. The summed E-state index contributed by atoms with van der Waals surface area (Å²) in [5.41, 5.74) is 1.61. The number of nitrogens with zero attached hydrogens (tertiary/aromatic N) is 3. The van der Waals surface area contributed by atoms with Crippen molar-refractivity contribution in [2.75, 3.05) is 19.6 Å². The third-order valence-electron chi connectivity index (χ3n) is 6.33. The normalized spacial score (nSPS) is 15.3. The number of pyridine rings is 2. The lowest BCUT2D eigenvalue weighted by Crippen LogP contribution is -2.43. The molecule has 5 nitrogen and oxygen atoms in total. The molecule has 170 valence electrons. The summed E-state index contributed by atoms with van der Waals surface area (Å²) < 4.78 is 15.4. The van der Waals surface area contributed by atoms with Gasteiger partial charge in [0.1, 0.15) is 5.82 Å². The number of hydrogen-bond donors (Lipinski definition) is 1. The zero-order chi connectivity index (χ0) is 22.6. The number of thiophene rings is 1. The lowest BCUT2D eigenvalue weighted by atomic mass is 10.1. The minimum absolute atomic E-state index is 0.0781. The molecule has 0 amide bonds. The van der Waals surface area contributed by atoms with Gasteiger partial charge in [0.15, 0.2) is 0 Å². The Balaban J connectivity index is 1.12. The van der Waals surface area contributed by atoms with Crippen molar-refractivity contribution in [2.24, 2.45) is 0 Å². The van der Waals surface area contributed by atoms with Crippen LogP contribution in [0.2, 0.25) is 0 Å². The molecular formula is C26H27FN4OS. The molecule has 0 aliphatic carbocycles. The minimum Gasteiger partial charge on any atom is -0.309 e. The van der Waals surface area contributed by atoms with Crippen LogP contribution in [0.5, 0.6) is 0 Å². The number of fused-ring (bicyclic) bond motifs is 1. The van der Waals surface area contributed by atoms with Gasteiger partial charge in [0.2, 0.25) is 0 Å². The summed E-state index contributed by atoms with van der Waals surface area (Å²) in [4.78, 5) is 21.7. The van der Waals surface area contributed by atoms with E-state index in [1.807, 2.05) is 24.4 Å². The number of benzene rings is 1. The predicted molar refractivity (Wildman–Crippen MR) is 132 cm³/mol. The Bertz CT molecular complexity index is 1280. The molecule has 1 aliphatic rings. The molecule has 4 aromatic rings. The van der Waals surface area contributed by atoms with Gasteiger partial charge in [0.05, 0.1) is 16.1 Å². The molecule has 0 saturated carbocycles. The molecule has 1 aromatic carbocycles. The van der Waals surface area contributed by atoms with Crippen LogP contribution in [0.15, 0.2) is 71.7 Å². The van der Waals surface area contributed by atoms with Gasteiger partial charge in [-0.05, 0) is 79.8 Å². The Morgan fingerprint density at radius 3 is 2.70 bits per heavy atom. The number of halogens is 1. The number of likely N-dealkylation sites (tertiary alicyclic amines) is 1. The topological polar surface area (TPSA) is 50.2 Å². The maximum atomic E-state index is 13.7. The monoisotopic (exact) mass is 462 g/mol. The van der Waals surface area contributed by atoms with Gasteiger partial charge in [0, 0.05) is 42.8 Å². The smallest absolute Gasteiger partial charge is 0.251 e. The summed E-state index contributed by atoms with van der Waals surface area (Å²) in [6, 6.07) is 18.8. The van der Waals surface area contributed by atoms with E-state index >= 15 is 0 Å². The van der Waals surface area contributed by atoms with E-state index in [9.17, 15) is 9.18 Å². The first kappa shape index (κ1) is 21.9. The van der Waals surface area contributed by atoms with E-state index in [-0.39, 0.29) is 11.4 Å². The highest BCUT2D eigenvalue weighted by atomic mass is 32.1. The standard InChI is InChI=1S/C26H27FN4OS/c27-20-6-4-19-5-9-26(32)31(24(19)17-20)16-15-30-13-10-21(11-14-30)29-18-22-7-8-25(33-22)23-3-1-2-12-28-23/h1-9,12,17,21,29H,10-11,13-16,18H2. The Kier molecular flexibility index (Phi) is 6.62. The van der Waals surface area contributed by atoms with Gasteiger partial charge in [-0.1, -0.05) is 6.07 Å². The highest BCUT2D eigenvalue weighted by molar-refractivity contribution is 7.15. The largest absolute Gasteiger partial charge is 0.309 e. The van der Waals surface area contributed by atoms with Crippen LogP contribution in [0, 0.1) is 5.82 Å². The molecule has 33 heavy (non-hydrogen) atoms. The fourth-order valence-corrected chi connectivity index (χ4v) is 5.39. The minimum atomic E-state index is -0.313. The molecule has 0 bridgehead atoms. The fourth-order valence-electron chi connectivity index (χ4n) is 4.46. The van der Waals surface area contributed by atoms with Crippen LogP contribution < -0.4 is 10.9 Å². The maximum absolute atomic E-state index is 13.7. The zero-order valence-electron chi connectivity index (χ0n) is 18.4. The molecule has 1 saturated heterocycles. The Morgan fingerprint density at radius 2 is 1.88 bits per heavy atom. The molecular weight excluding hydrogens is 435 g/mol. The van der Waals surface area contributed by atoms with E-state index in [0.717, 1.165) is 50.1 Å². The van der Waals surface area contributed by atoms with Gasteiger partial charge in [-0.25, -0.2) is 4.39 Å². The molecule has 7 heteroatoms. The van der Waals surface area contributed by atoms with Crippen LogP contribution in [0.3, 0.4) is 0 Å². The van der Waals surface area contributed by atoms with E-state index in [4.69, 9.17) is 0 Å². The van der Waals surface area contributed by atoms with Crippen molar-refractivity contribution in [3.63, 3.8) is 0 Å². The van der Waals surface area contributed by atoms with Crippen LogP contribution in [0.4, 0.5) is 4.39 Å². The second-order valence-electron chi connectivity index (χ2n) is 8.50. The quantitative estimate of drug-likeness (QED) is 0.439. The van der Waals surface area contributed by atoms with Crippen molar-refractivity contribution < 1.29 is 4.39 Å². The zero-order valence-corrected chi connectivity index (χ0v) is 19.2. The number of aromatic nitrogens is 2. The number of piperidine rings is 1. The van der Waals surface area contributed by atoms with Gasteiger partial charge in [0.25, 0.3) is 5.56 Å². The number of nitrogens with one attached hydrogen (secondary N) is 1. The van der Waals surface area contributed by atoms with Crippen molar-refractivity contribution in [1.82, 2.24) is 19.8 Å². The fraction of sp³-hybridized carbons (Fsp3) is 0.308. The molecule has 4 heterocycles. The van der Waals surface area contributed by atoms with Crippen molar-refractivity contribution in [3.8, 4) is 10.6 Å². The Hall–Kier alpha value is -2.87. The molecule has 0 radical (unpaired) electrons. The third-order valence-corrected chi connectivity index (χ3v) is 7.43. The van der Waals surface area contributed by atoms with E-state index < -0.39 is 0 Å². The first-order valence-electron chi connectivity index (χ1n) is 11.4. The highest BCUT2D eigenvalue weighted by Gasteiger charge is 2.19. The van der Waals surface area contributed by atoms with Crippen LogP contribution in [0.25, 0.3) is 21.5 Å². The van der Waals surface area contributed by atoms with Crippen molar-refractivity contribution in [2.45, 2.75) is 32.0 Å². The SMILES string of the molecule is O=c1ccc2ccc(F)cc2n1CCN1CCC(NCc2ccc(-c3ccccn3)s2)CC1. The highest BCUT2D eigenvalue weighted by Crippen LogP contribution is 2.26. The second-order valence-corrected chi connectivity index (χ2v) is 9.67. The second kappa shape index (κ2) is 9.95. The average molecular weight is 463 g/mol. The first-order chi connectivity index (χ1) is 16.2. The van der Waals surface area contributed by atoms with Gasteiger partial charge >= 0.3 is 0 Å². The summed E-state index contributed by atoms with van der Waals surface area (Å²) in [7, 11) is 0. The van der Waals surface area contributed by atoms with Gasteiger partial charge in [-0.15, -0.1) is 11.3 Å². The Labute approximate surface area is 196 Å². The van der Waals surface area contributed by atoms with Gasteiger partial charge in [-0.2, -0.15) is 0 Å². The lowest BCUT2D eigenvalue weighted by molar-refractivity contribution is 0.191. The third kappa shape index (κ3) is 5.21. The average Bonchev–Trinajstić information content (AvgIpc) is 3.32. The van der Waals surface area contributed by atoms with Crippen LogP contribution in [-0.2, 0) is 13.1 Å². The van der Waals surface area contributed by atoms with Gasteiger partial charge in [-0.3, -0.25) is 9.78 Å². The van der Waals surface area contributed by atoms with Crippen LogP contribution >= 0.6 is 11.3 Å². The molecule has 5 rings (SSSR count). The van der Waals surface area contributed by atoms with Gasteiger partial charge < -0.3 is 14.8 Å². The summed E-state index contributed by atoms with van der Waals surface area (Å²) in [6.07, 6.45) is 3.99. The summed E-state index contributed by atoms with van der Waals surface area (Å²) >= 11 is 1.79. The molecule has 1 aliphatic heterocycles. The maximum Gasteiger partial charge on any atom is 0.251 e. The predicted octanol–water partition coefficient (Wildman–Crippen LogP) is 4.52. The molecule has 1 N–H and O–H groups in total.